The molecule has 2 rings (SSSR count). The molecule has 0 aromatic rings. The molecule has 2 fully saturated rings. The zero-order valence-electron chi connectivity index (χ0n) is 17.7. The number of ether oxygens (including phenoxy) is 3. The number of carbonyl (C=O) groups is 2. The molecule has 9 heteroatoms. The molecule has 2 heterocycles. The van der Waals surface area contributed by atoms with Crippen molar-refractivity contribution in [2.75, 3.05) is 44.5 Å². The van der Waals surface area contributed by atoms with E-state index in [0.717, 1.165) is 12.3 Å². The summed E-state index contributed by atoms with van der Waals surface area (Å²) in [7, 11) is 0. The van der Waals surface area contributed by atoms with Crippen LogP contribution < -0.4 is 5.32 Å². The van der Waals surface area contributed by atoms with Crippen molar-refractivity contribution in [1.82, 2.24) is 15.1 Å². The van der Waals surface area contributed by atoms with Crippen LogP contribution in [-0.2, 0) is 19.0 Å². The molecule has 2 amide bonds. The predicted octanol–water partition coefficient (Wildman–Crippen LogP) is 1.89. The summed E-state index contributed by atoms with van der Waals surface area (Å²) < 4.78 is 16.7. The molecule has 2 aliphatic rings. The first-order valence-corrected chi connectivity index (χ1v) is 11.2. The van der Waals surface area contributed by atoms with Gasteiger partial charge in [-0.25, -0.2) is 4.79 Å². The SMILES string of the molecule is CCOC(CN[C@H]1C[C@@H](C(=O)N2CCSC2)N(C(=O)OC(C)(C)C)C1)OCC. The van der Waals surface area contributed by atoms with Crippen LogP contribution in [-0.4, -0.2) is 90.3 Å². The van der Waals surface area contributed by atoms with Gasteiger partial charge in [-0.1, -0.05) is 0 Å². The first-order valence-electron chi connectivity index (χ1n) is 10.1. The maximum Gasteiger partial charge on any atom is 0.411 e. The largest absolute Gasteiger partial charge is 0.444 e. The van der Waals surface area contributed by atoms with Crippen molar-refractivity contribution >= 4 is 23.8 Å². The molecule has 2 saturated heterocycles. The molecule has 0 bridgehead atoms. The number of hydrogen-bond donors (Lipinski definition) is 1. The Bertz CT molecular complexity index is 516. The van der Waals surface area contributed by atoms with Crippen molar-refractivity contribution in [3.8, 4) is 0 Å². The highest BCUT2D eigenvalue weighted by Crippen LogP contribution is 2.25. The first kappa shape index (κ1) is 23.3. The summed E-state index contributed by atoms with van der Waals surface area (Å²) in [6.45, 7) is 12.1. The van der Waals surface area contributed by atoms with Crippen LogP contribution >= 0.6 is 11.8 Å². The fourth-order valence-corrected chi connectivity index (χ4v) is 4.29. The van der Waals surface area contributed by atoms with Gasteiger partial charge in [-0.05, 0) is 41.0 Å². The second-order valence-corrected chi connectivity index (χ2v) is 9.04. The zero-order valence-corrected chi connectivity index (χ0v) is 18.5. The molecule has 8 nitrogen and oxygen atoms in total. The Kier molecular flexibility index (Phi) is 8.85. The van der Waals surface area contributed by atoms with Gasteiger partial charge in [0.05, 0.1) is 5.88 Å². The summed E-state index contributed by atoms with van der Waals surface area (Å²) in [5.74, 6) is 1.63. The third-order valence-electron chi connectivity index (χ3n) is 4.56. The van der Waals surface area contributed by atoms with E-state index in [-0.39, 0.29) is 18.2 Å². The van der Waals surface area contributed by atoms with E-state index in [1.165, 1.54) is 0 Å². The molecule has 0 spiro atoms. The Morgan fingerprint density at radius 3 is 2.43 bits per heavy atom. The molecule has 2 atom stereocenters. The summed E-state index contributed by atoms with van der Waals surface area (Å²) in [6.07, 6.45) is -0.215. The van der Waals surface area contributed by atoms with Gasteiger partial charge in [0.2, 0.25) is 5.91 Å². The van der Waals surface area contributed by atoms with Crippen LogP contribution in [0.4, 0.5) is 4.79 Å². The number of likely N-dealkylation sites (tertiary alicyclic amines) is 1. The average Bonchev–Trinajstić information content (AvgIpc) is 3.28. The normalized spacial score (nSPS) is 22.9. The van der Waals surface area contributed by atoms with Crippen LogP contribution in [0.2, 0.25) is 0 Å². The van der Waals surface area contributed by atoms with E-state index < -0.39 is 17.7 Å². The second kappa shape index (κ2) is 10.7. The monoisotopic (exact) mass is 417 g/mol. The number of nitrogens with zero attached hydrogens (tertiary/aromatic N) is 2. The minimum absolute atomic E-state index is 0.00586. The van der Waals surface area contributed by atoms with Gasteiger partial charge in [0, 0.05) is 44.6 Å². The highest BCUT2D eigenvalue weighted by atomic mass is 32.2. The molecule has 0 unspecified atom stereocenters. The lowest BCUT2D eigenvalue weighted by molar-refractivity contribution is -0.134. The Morgan fingerprint density at radius 2 is 1.89 bits per heavy atom. The molecule has 162 valence electrons. The highest BCUT2D eigenvalue weighted by Gasteiger charge is 2.43. The Morgan fingerprint density at radius 1 is 1.21 bits per heavy atom. The maximum absolute atomic E-state index is 13.0. The molecule has 28 heavy (non-hydrogen) atoms. The van der Waals surface area contributed by atoms with Crippen molar-refractivity contribution in [3.05, 3.63) is 0 Å². The lowest BCUT2D eigenvalue weighted by Gasteiger charge is -2.29. The molecule has 0 saturated carbocycles. The molecular formula is C19H35N3O5S. The van der Waals surface area contributed by atoms with Crippen molar-refractivity contribution in [3.63, 3.8) is 0 Å². The van der Waals surface area contributed by atoms with E-state index in [2.05, 4.69) is 5.32 Å². The van der Waals surface area contributed by atoms with Gasteiger partial charge >= 0.3 is 6.09 Å². The number of nitrogens with one attached hydrogen (secondary N) is 1. The van der Waals surface area contributed by atoms with Gasteiger partial charge < -0.3 is 24.4 Å². The average molecular weight is 418 g/mol. The lowest BCUT2D eigenvalue weighted by Crippen LogP contribution is -2.48. The minimum atomic E-state index is -0.602. The van der Waals surface area contributed by atoms with E-state index in [0.29, 0.717) is 38.6 Å². The van der Waals surface area contributed by atoms with Crippen molar-refractivity contribution in [2.45, 2.75) is 65.0 Å². The minimum Gasteiger partial charge on any atom is -0.444 e. The summed E-state index contributed by atoms with van der Waals surface area (Å²) in [6, 6.07) is -0.510. The fraction of sp³-hybridized carbons (Fsp3) is 0.895. The van der Waals surface area contributed by atoms with E-state index in [4.69, 9.17) is 14.2 Å². The summed E-state index contributed by atoms with van der Waals surface area (Å²) in [4.78, 5) is 29.1. The van der Waals surface area contributed by atoms with Crippen molar-refractivity contribution in [2.24, 2.45) is 0 Å². The lowest BCUT2D eigenvalue weighted by atomic mass is 10.1. The fourth-order valence-electron chi connectivity index (χ4n) is 3.34. The number of rotatable bonds is 8. The van der Waals surface area contributed by atoms with Crippen LogP contribution in [0.1, 0.15) is 41.0 Å². The van der Waals surface area contributed by atoms with E-state index in [1.807, 2.05) is 39.5 Å². The number of hydrogen-bond acceptors (Lipinski definition) is 7. The van der Waals surface area contributed by atoms with Gasteiger partial charge in [0.15, 0.2) is 6.29 Å². The molecule has 2 aliphatic heterocycles. The van der Waals surface area contributed by atoms with Crippen LogP contribution in [0.3, 0.4) is 0 Å². The Labute approximate surface area is 172 Å². The zero-order chi connectivity index (χ0) is 20.7. The first-order chi connectivity index (χ1) is 13.2. The number of thioether (sulfide) groups is 1. The van der Waals surface area contributed by atoms with Gasteiger partial charge in [-0.3, -0.25) is 9.69 Å². The van der Waals surface area contributed by atoms with Gasteiger partial charge in [-0.2, -0.15) is 0 Å². The maximum atomic E-state index is 13.0. The molecule has 0 aromatic heterocycles. The molecule has 0 aliphatic carbocycles. The van der Waals surface area contributed by atoms with E-state index in [1.54, 1.807) is 16.7 Å². The van der Waals surface area contributed by atoms with Gasteiger partial charge in [0.1, 0.15) is 11.6 Å². The van der Waals surface area contributed by atoms with Crippen LogP contribution in [0.25, 0.3) is 0 Å². The molecule has 0 radical (unpaired) electrons. The second-order valence-electron chi connectivity index (χ2n) is 7.97. The van der Waals surface area contributed by atoms with Gasteiger partial charge in [-0.15, -0.1) is 11.8 Å². The molecule has 0 aromatic carbocycles. The summed E-state index contributed by atoms with van der Waals surface area (Å²) in [5, 5.41) is 3.40. The van der Waals surface area contributed by atoms with Crippen LogP contribution in [0, 0.1) is 0 Å². The highest BCUT2D eigenvalue weighted by molar-refractivity contribution is 7.99. The summed E-state index contributed by atoms with van der Waals surface area (Å²) >= 11 is 1.74. The standard InChI is InChI=1S/C19H35N3O5S/c1-6-25-16(26-7-2)11-20-14-10-15(17(23)21-8-9-28-13-21)22(12-14)18(24)27-19(3,4)5/h14-16,20H,6-13H2,1-5H3/t14-,15-/m0/s1. The Balaban J connectivity index is 2.03. The van der Waals surface area contributed by atoms with E-state index >= 15 is 0 Å². The van der Waals surface area contributed by atoms with Gasteiger partial charge in [0.25, 0.3) is 0 Å². The smallest absolute Gasteiger partial charge is 0.411 e. The van der Waals surface area contributed by atoms with Crippen LogP contribution in [0.15, 0.2) is 0 Å². The third-order valence-corrected chi connectivity index (χ3v) is 5.52. The Hall–Kier alpha value is -1.03. The topological polar surface area (TPSA) is 80.3 Å². The van der Waals surface area contributed by atoms with Crippen molar-refractivity contribution < 1.29 is 23.8 Å². The summed E-state index contributed by atoms with van der Waals surface area (Å²) in [5.41, 5.74) is -0.602. The number of carbonyl (C=O) groups excluding carboxylic acids is 2. The van der Waals surface area contributed by atoms with Crippen molar-refractivity contribution in [1.29, 1.82) is 0 Å². The molecule has 1 N–H and O–H groups in total. The van der Waals surface area contributed by atoms with E-state index in [9.17, 15) is 9.59 Å². The predicted molar refractivity (Wildman–Crippen MR) is 109 cm³/mol. The molecular weight excluding hydrogens is 382 g/mol. The van der Waals surface area contributed by atoms with Crippen LogP contribution in [0.5, 0.6) is 0 Å². The third kappa shape index (κ3) is 6.79. The quantitative estimate of drug-likeness (QED) is 0.604. The number of amides is 2.